The Balaban J connectivity index is 0.834. The van der Waals surface area contributed by atoms with Gasteiger partial charge < -0.3 is 18.6 Å². The molecule has 16 aromatic rings. The van der Waals surface area contributed by atoms with Crippen LogP contribution < -0.4 is 9.80 Å². The molecular formula is C66H38N2O2S2. The summed E-state index contributed by atoms with van der Waals surface area (Å²) in [4.78, 5) is 4.72. The van der Waals surface area contributed by atoms with Crippen molar-refractivity contribution in [1.29, 1.82) is 0 Å². The molecule has 0 fully saturated rings. The molecular weight excluding hydrogens is 917 g/mol. The zero-order chi connectivity index (χ0) is 47.0. The third-order valence-corrected chi connectivity index (χ3v) is 17.1. The molecule has 0 N–H and O–H groups in total. The second-order valence-corrected chi connectivity index (χ2v) is 21.0. The molecule has 0 amide bonds. The van der Waals surface area contributed by atoms with Crippen LogP contribution in [0.1, 0.15) is 0 Å². The SMILES string of the molecule is c1ccc2cc(N(c3ccc4c(c3)oc3c4ccc4c3ccc3c5ccc(N(c6ccc7ccccc7c6)c6ccc7sc8ccccc8c7c6)cc5oc34)c3ccc4sc5ccccc5c4c3)ccc2c1. The minimum Gasteiger partial charge on any atom is -0.455 e. The first kappa shape index (κ1) is 39.9. The van der Waals surface area contributed by atoms with E-state index in [1.165, 1.54) is 61.9 Å². The van der Waals surface area contributed by atoms with Gasteiger partial charge in [-0.2, -0.15) is 0 Å². The first-order chi connectivity index (χ1) is 35.6. The minimum atomic E-state index is 0.833. The van der Waals surface area contributed by atoms with Gasteiger partial charge in [-0.25, -0.2) is 0 Å². The Morgan fingerprint density at radius 2 is 0.569 bits per heavy atom. The van der Waals surface area contributed by atoms with Crippen molar-refractivity contribution in [2.24, 2.45) is 0 Å². The number of hydrogen-bond acceptors (Lipinski definition) is 6. The maximum Gasteiger partial charge on any atom is 0.143 e. The normalized spacial score (nSPS) is 12.2. The zero-order valence-electron chi connectivity index (χ0n) is 38.5. The van der Waals surface area contributed by atoms with Gasteiger partial charge in [-0.1, -0.05) is 97.1 Å². The Kier molecular flexibility index (Phi) is 8.46. The molecule has 6 heteroatoms. The largest absolute Gasteiger partial charge is 0.455 e. The molecule has 0 radical (unpaired) electrons. The molecule has 12 aromatic carbocycles. The lowest BCUT2D eigenvalue weighted by Gasteiger charge is -2.26. The standard InChI is InChI=1S/C66H38N2O2S2/c1-3-11-41-33-43(19-17-39(41)9-1)67(45-23-31-63-57(35-45)51-13-5-7-15-61(51)71-63)47-21-25-49-53-27-29-56-55(65(53)69-59(49)37-47)30-28-54-50-26-22-48(38-60(50)70-66(54)56)68(44-20-18-40-10-2-4-12-42(40)34-44)46-24-32-64-58(36-46)52-14-6-8-16-62(52)72-64/h1-38H. The monoisotopic (exact) mass is 954 g/mol. The van der Waals surface area contributed by atoms with Gasteiger partial charge in [0.2, 0.25) is 0 Å². The highest BCUT2D eigenvalue weighted by Crippen LogP contribution is 2.47. The molecule has 0 aliphatic heterocycles. The van der Waals surface area contributed by atoms with Gasteiger partial charge >= 0.3 is 0 Å². The summed E-state index contributed by atoms with van der Waals surface area (Å²) in [6.45, 7) is 0. The first-order valence-corrected chi connectivity index (χ1v) is 25.9. The molecule has 0 bridgehead atoms. The van der Waals surface area contributed by atoms with E-state index in [9.17, 15) is 0 Å². The summed E-state index contributed by atoms with van der Waals surface area (Å²) in [5.74, 6) is 0. The average molecular weight is 955 g/mol. The van der Waals surface area contributed by atoms with Crippen LogP contribution in [-0.4, -0.2) is 0 Å². The number of thiophene rings is 2. The molecule has 0 aliphatic rings. The second-order valence-electron chi connectivity index (χ2n) is 18.8. The Bertz CT molecular complexity index is 4610. The zero-order valence-corrected chi connectivity index (χ0v) is 40.1. The van der Waals surface area contributed by atoms with Crippen molar-refractivity contribution in [3.63, 3.8) is 0 Å². The van der Waals surface area contributed by atoms with Crippen LogP contribution in [0.25, 0.3) is 117 Å². The molecule has 0 saturated heterocycles. The van der Waals surface area contributed by atoms with Gasteiger partial charge in [0.25, 0.3) is 0 Å². The van der Waals surface area contributed by atoms with Crippen LogP contribution in [0.5, 0.6) is 0 Å². The highest BCUT2D eigenvalue weighted by Gasteiger charge is 2.22. The van der Waals surface area contributed by atoms with E-state index in [1.54, 1.807) is 0 Å². The number of benzene rings is 12. The number of anilines is 6. The third-order valence-electron chi connectivity index (χ3n) is 14.8. The van der Waals surface area contributed by atoms with E-state index in [4.69, 9.17) is 8.83 Å². The van der Waals surface area contributed by atoms with Gasteiger partial charge in [-0.3, -0.25) is 0 Å². The van der Waals surface area contributed by atoms with E-state index in [-0.39, 0.29) is 0 Å². The molecule has 4 nitrogen and oxygen atoms in total. The van der Waals surface area contributed by atoms with Crippen molar-refractivity contribution in [2.45, 2.75) is 0 Å². The lowest BCUT2D eigenvalue weighted by Crippen LogP contribution is -2.09. The van der Waals surface area contributed by atoms with Crippen molar-refractivity contribution in [1.82, 2.24) is 0 Å². The summed E-state index contributed by atoms with van der Waals surface area (Å²) in [5, 5.41) is 16.2. The summed E-state index contributed by atoms with van der Waals surface area (Å²) >= 11 is 3.68. The van der Waals surface area contributed by atoms with Crippen LogP contribution in [0.15, 0.2) is 239 Å². The van der Waals surface area contributed by atoms with Crippen molar-refractivity contribution in [2.75, 3.05) is 9.80 Å². The van der Waals surface area contributed by atoms with Gasteiger partial charge in [0.1, 0.15) is 22.3 Å². The fourth-order valence-electron chi connectivity index (χ4n) is 11.4. The Morgan fingerprint density at radius 1 is 0.236 bits per heavy atom. The lowest BCUT2D eigenvalue weighted by molar-refractivity contribution is 0.669. The number of furan rings is 2. The van der Waals surface area contributed by atoms with Crippen LogP contribution in [0, 0.1) is 0 Å². The molecule has 336 valence electrons. The van der Waals surface area contributed by atoms with Crippen molar-refractivity contribution in [3.05, 3.63) is 231 Å². The maximum absolute atomic E-state index is 6.99. The second kappa shape index (κ2) is 15.3. The molecule has 72 heavy (non-hydrogen) atoms. The van der Waals surface area contributed by atoms with E-state index in [2.05, 4.69) is 240 Å². The summed E-state index contributed by atoms with van der Waals surface area (Å²) in [6, 6.07) is 83.8. The first-order valence-electron chi connectivity index (χ1n) is 24.3. The highest BCUT2D eigenvalue weighted by molar-refractivity contribution is 7.26. The van der Waals surface area contributed by atoms with E-state index in [0.29, 0.717) is 0 Å². The van der Waals surface area contributed by atoms with Crippen molar-refractivity contribution >= 4 is 173 Å². The molecule has 4 aromatic heterocycles. The predicted molar refractivity (Wildman–Crippen MR) is 309 cm³/mol. The van der Waals surface area contributed by atoms with E-state index < -0.39 is 0 Å². The third kappa shape index (κ3) is 6.03. The smallest absolute Gasteiger partial charge is 0.143 e. The van der Waals surface area contributed by atoms with Gasteiger partial charge in [-0.05, 0) is 143 Å². The molecule has 0 saturated carbocycles. The van der Waals surface area contributed by atoms with Crippen LogP contribution >= 0.6 is 22.7 Å². The quantitative estimate of drug-likeness (QED) is 0.166. The summed E-state index contributed by atoms with van der Waals surface area (Å²) in [6.07, 6.45) is 0. The fourth-order valence-corrected chi connectivity index (χ4v) is 13.5. The molecule has 4 heterocycles. The van der Waals surface area contributed by atoms with E-state index in [0.717, 1.165) is 88.8 Å². The summed E-state index contributed by atoms with van der Waals surface area (Å²) in [7, 11) is 0. The number of rotatable bonds is 6. The van der Waals surface area contributed by atoms with Gasteiger partial charge in [-0.15, -0.1) is 22.7 Å². The molecule has 0 unspecified atom stereocenters. The molecule has 0 aliphatic carbocycles. The Morgan fingerprint density at radius 3 is 1.04 bits per heavy atom. The van der Waals surface area contributed by atoms with E-state index >= 15 is 0 Å². The molecule has 0 atom stereocenters. The Hall–Kier alpha value is -8.94. The highest BCUT2D eigenvalue weighted by atomic mass is 32.1. The number of hydrogen-bond donors (Lipinski definition) is 0. The number of fused-ring (bicyclic) bond motifs is 17. The Labute approximate surface area is 420 Å². The van der Waals surface area contributed by atoms with E-state index in [1.807, 2.05) is 22.7 Å². The van der Waals surface area contributed by atoms with Crippen LogP contribution in [0.4, 0.5) is 34.1 Å². The van der Waals surface area contributed by atoms with Crippen LogP contribution in [0.2, 0.25) is 0 Å². The predicted octanol–water partition coefficient (Wildman–Crippen LogP) is 20.6. The summed E-state index contributed by atoms with van der Waals surface area (Å²) < 4.78 is 19.1. The minimum absolute atomic E-state index is 0.833. The molecule has 0 spiro atoms. The maximum atomic E-state index is 6.99. The summed E-state index contributed by atoms with van der Waals surface area (Å²) in [5.41, 5.74) is 9.77. The lowest BCUT2D eigenvalue weighted by atomic mass is 10.0. The van der Waals surface area contributed by atoms with Gasteiger partial charge in [0, 0.05) is 119 Å². The topological polar surface area (TPSA) is 32.8 Å². The van der Waals surface area contributed by atoms with Crippen LogP contribution in [-0.2, 0) is 0 Å². The van der Waals surface area contributed by atoms with Crippen LogP contribution in [0.3, 0.4) is 0 Å². The van der Waals surface area contributed by atoms with Gasteiger partial charge in [0.05, 0.1) is 0 Å². The van der Waals surface area contributed by atoms with Crippen molar-refractivity contribution in [3.8, 4) is 0 Å². The average Bonchev–Trinajstić information content (AvgIpc) is 4.21. The number of nitrogens with zero attached hydrogens (tertiary/aromatic N) is 2. The molecule has 16 rings (SSSR count). The van der Waals surface area contributed by atoms with Crippen molar-refractivity contribution < 1.29 is 8.83 Å². The fraction of sp³-hybridized carbons (Fsp3) is 0. The van der Waals surface area contributed by atoms with Gasteiger partial charge in [0.15, 0.2) is 0 Å².